The smallest absolute Gasteiger partial charge is 0.0641 e. The van der Waals surface area contributed by atoms with Gasteiger partial charge in [-0.2, -0.15) is 5.26 Å². The van der Waals surface area contributed by atoms with Crippen LogP contribution in [0.5, 0.6) is 0 Å². The largest absolute Gasteiger partial charge is 0.397 e. The van der Waals surface area contributed by atoms with Gasteiger partial charge in [-0.3, -0.25) is 0 Å². The van der Waals surface area contributed by atoms with Gasteiger partial charge >= 0.3 is 0 Å². The van der Waals surface area contributed by atoms with Gasteiger partial charge in [0, 0.05) is 15.0 Å². The number of nitrogens with zero attached hydrogens (tertiary/aromatic N) is 1. The van der Waals surface area contributed by atoms with Crippen LogP contribution in [0.1, 0.15) is 18.0 Å². The SMILES string of the molecule is N#CCC(N)c1cc(Br)c(N)c(Br)c1. The number of nitriles is 1. The lowest BCUT2D eigenvalue weighted by atomic mass is 10.1. The van der Waals surface area contributed by atoms with Gasteiger partial charge in [0.25, 0.3) is 0 Å². The molecule has 0 aliphatic rings. The first kappa shape index (κ1) is 11.5. The van der Waals surface area contributed by atoms with Gasteiger partial charge in [-0.15, -0.1) is 0 Å². The van der Waals surface area contributed by atoms with Crippen molar-refractivity contribution in [3.63, 3.8) is 0 Å². The van der Waals surface area contributed by atoms with E-state index in [9.17, 15) is 0 Å². The topological polar surface area (TPSA) is 75.8 Å². The van der Waals surface area contributed by atoms with Crippen molar-refractivity contribution in [1.29, 1.82) is 5.26 Å². The zero-order valence-corrected chi connectivity index (χ0v) is 10.5. The minimum Gasteiger partial charge on any atom is -0.397 e. The van der Waals surface area contributed by atoms with Crippen molar-refractivity contribution in [3.8, 4) is 6.07 Å². The molecule has 74 valence electrons. The lowest BCUT2D eigenvalue weighted by Gasteiger charge is -2.11. The maximum Gasteiger partial charge on any atom is 0.0641 e. The van der Waals surface area contributed by atoms with Crippen LogP contribution in [0.15, 0.2) is 21.1 Å². The van der Waals surface area contributed by atoms with Crippen LogP contribution >= 0.6 is 31.9 Å². The average molecular weight is 319 g/mol. The molecule has 1 aromatic rings. The molecule has 0 radical (unpaired) electrons. The summed E-state index contributed by atoms with van der Waals surface area (Å²) in [4.78, 5) is 0. The van der Waals surface area contributed by atoms with E-state index in [1.54, 1.807) is 0 Å². The number of nitrogens with two attached hydrogens (primary N) is 2. The predicted molar refractivity (Wildman–Crippen MR) is 63.4 cm³/mol. The molecule has 1 rings (SSSR count). The van der Waals surface area contributed by atoms with Crippen molar-refractivity contribution in [2.45, 2.75) is 12.5 Å². The van der Waals surface area contributed by atoms with Crippen LogP contribution in [0.3, 0.4) is 0 Å². The first-order valence-corrected chi connectivity index (χ1v) is 5.51. The molecule has 1 atom stereocenters. The van der Waals surface area contributed by atoms with Gasteiger partial charge in [-0.25, -0.2) is 0 Å². The molecule has 0 aliphatic carbocycles. The third kappa shape index (κ3) is 2.47. The van der Waals surface area contributed by atoms with E-state index >= 15 is 0 Å². The Morgan fingerprint density at radius 2 is 1.86 bits per heavy atom. The molecular formula is C9H9Br2N3. The fourth-order valence-corrected chi connectivity index (χ4v) is 2.26. The normalized spacial score (nSPS) is 12.1. The molecule has 0 aromatic heterocycles. The van der Waals surface area contributed by atoms with Crippen LogP contribution in [0.4, 0.5) is 5.69 Å². The summed E-state index contributed by atoms with van der Waals surface area (Å²) in [6.45, 7) is 0. The summed E-state index contributed by atoms with van der Waals surface area (Å²) < 4.78 is 1.57. The van der Waals surface area contributed by atoms with E-state index in [1.165, 1.54) is 0 Å². The number of rotatable bonds is 2. The highest BCUT2D eigenvalue weighted by atomic mass is 79.9. The Balaban J connectivity index is 3.07. The molecule has 1 aromatic carbocycles. The van der Waals surface area contributed by atoms with Crippen molar-refractivity contribution in [3.05, 3.63) is 26.6 Å². The van der Waals surface area contributed by atoms with Gasteiger partial charge in [-0.1, -0.05) is 0 Å². The van der Waals surface area contributed by atoms with Crippen LogP contribution < -0.4 is 11.5 Å². The van der Waals surface area contributed by atoms with Gasteiger partial charge in [0.05, 0.1) is 18.2 Å². The second-order valence-electron chi connectivity index (χ2n) is 2.87. The molecule has 0 fully saturated rings. The van der Waals surface area contributed by atoms with Gasteiger partial charge in [0.1, 0.15) is 0 Å². The van der Waals surface area contributed by atoms with E-state index in [-0.39, 0.29) is 6.04 Å². The second kappa shape index (κ2) is 4.78. The van der Waals surface area contributed by atoms with Crippen LogP contribution in [-0.4, -0.2) is 0 Å². The molecule has 0 aliphatic heterocycles. The molecule has 0 amide bonds. The van der Waals surface area contributed by atoms with Crippen molar-refractivity contribution < 1.29 is 0 Å². The summed E-state index contributed by atoms with van der Waals surface area (Å²) >= 11 is 6.65. The molecule has 0 saturated heterocycles. The van der Waals surface area contributed by atoms with E-state index < -0.39 is 0 Å². The minimum absolute atomic E-state index is 0.270. The highest BCUT2D eigenvalue weighted by molar-refractivity contribution is 9.11. The third-order valence-electron chi connectivity index (χ3n) is 1.84. The summed E-state index contributed by atoms with van der Waals surface area (Å²) in [6, 6.07) is 5.43. The Kier molecular flexibility index (Phi) is 3.93. The summed E-state index contributed by atoms with van der Waals surface area (Å²) in [5.74, 6) is 0. The zero-order valence-electron chi connectivity index (χ0n) is 7.30. The lowest BCUT2D eigenvalue weighted by molar-refractivity contribution is 0.747. The number of hydrogen-bond acceptors (Lipinski definition) is 3. The monoisotopic (exact) mass is 317 g/mol. The number of halogens is 2. The maximum atomic E-state index is 8.51. The summed E-state index contributed by atoms with van der Waals surface area (Å²) in [5.41, 5.74) is 13.0. The first-order valence-electron chi connectivity index (χ1n) is 3.93. The Labute approximate surface area is 99.3 Å². The second-order valence-corrected chi connectivity index (χ2v) is 4.58. The highest BCUT2D eigenvalue weighted by Gasteiger charge is 2.09. The van der Waals surface area contributed by atoms with E-state index in [2.05, 4.69) is 31.9 Å². The molecule has 0 heterocycles. The Bertz CT molecular complexity index is 361. The molecule has 4 N–H and O–H groups in total. The van der Waals surface area contributed by atoms with E-state index in [0.29, 0.717) is 12.1 Å². The van der Waals surface area contributed by atoms with Crippen LogP contribution in [0.25, 0.3) is 0 Å². The standard InChI is InChI=1S/C9H9Br2N3/c10-6-3-5(8(13)1-2-12)4-7(11)9(6)14/h3-4,8H,1,13-14H2. The predicted octanol–water partition coefficient (Wildman–Crippen LogP) is 2.71. The van der Waals surface area contributed by atoms with Gasteiger partial charge < -0.3 is 11.5 Å². The van der Waals surface area contributed by atoms with Crippen LogP contribution in [0.2, 0.25) is 0 Å². The number of anilines is 1. The van der Waals surface area contributed by atoms with Gasteiger partial charge in [0.2, 0.25) is 0 Å². The minimum atomic E-state index is -0.270. The average Bonchev–Trinajstić information content (AvgIpc) is 2.13. The quantitative estimate of drug-likeness (QED) is 0.823. The number of hydrogen-bond donors (Lipinski definition) is 2. The van der Waals surface area contributed by atoms with Crippen molar-refractivity contribution in [2.24, 2.45) is 5.73 Å². The maximum absolute atomic E-state index is 8.51. The van der Waals surface area contributed by atoms with E-state index in [4.69, 9.17) is 16.7 Å². The first-order chi connectivity index (χ1) is 6.56. The lowest BCUT2D eigenvalue weighted by Crippen LogP contribution is -2.09. The van der Waals surface area contributed by atoms with Crippen LogP contribution in [0, 0.1) is 11.3 Å². The van der Waals surface area contributed by atoms with Gasteiger partial charge in [0.15, 0.2) is 0 Å². The number of nitrogen functional groups attached to an aromatic ring is 1. The van der Waals surface area contributed by atoms with Crippen molar-refractivity contribution >= 4 is 37.5 Å². The zero-order chi connectivity index (χ0) is 10.7. The van der Waals surface area contributed by atoms with Crippen LogP contribution in [-0.2, 0) is 0 Å². The molecular weight excluding hydrogens is 310 g/mol. The molecule has 14 heavy (non-hydrogen) atoms. The highest BCUT2D eigenvalue weighted by Crippen LogP contribution is 2.31. The Morgan fingerprint density at radius 1 is 1.36 bits per heavy atom. The van der Waals surface area contributed by atoms with E-state index in [1.807, 2.05) is 18.2 Å². The molecule has 0 bridgehead atoms. The Hall–Kier alpha value is -0.570. The molecule has 3 nitrogen and oxygen atoms in total. The molecule has 1 unspecified atom stereocenters. The van der Waals surface area contributed by atoms with Crippen molar-refractivity contribution in [2.75, 3.05) is 5.73 Å². The molecule has 0 spiro atoms. The third-order valence-corrected chi connectivity index (χ3v) is 3.15. The van der Waals surface area contributed by atoms with Crippen molar-refractivity contribution in [1.82, 2.24) is 0 Å². The summed E-state index contributed by atoms with van der Waals surface area (Å²) in [5, 5.41) is 8.51. The Morgan fingerprint density at radius 3 is 2.29 bits per heavy atom. The fourth-order valence-electron chi connectivity index (χ4n) is 1.03. The van der Waals surface area contributed by atoms with Gasteiger partial charge in [-0.05, 0) is 49.6 Å². The molecule has 0 saturated carbocycles. The fraction of sp³-hybridized carbons (Fsp3) is 0.222. The molecule has 5 heteroatoms. The summed E-state index contributed by atoms with van der Waals surface area (Å²) in [7, 11) is 0. The summed E-state index contributed by atoms with van der Waals surface area (Å²) in [6.07, 6.45) is 0.294. The number of benzene rings is 1. The van der Waals surface area contributed by atoms with E-state index in [0.717, 1.165) is 14.5 Å².